The summed E-state index contributed by atoms with van der Waals surface area (Å²) < 4.78 is 3.99. The lowest BCUT2D eigenvalue weighted by Gasteiger charge is -2.05. The highest BCUT2D eigenvalue weighted by Crippen LogP contribution is 2.31. The Morgan fingerprint density at radius 1 is 1.39 bits per heavy atom. The van der Waals surface area contributed by atoms with Crippen LogP contribution in [-0.2, 0) is 26.6 Å². The van der Waals surface area contributed by atoms with Gasteiger partial charge in [0.05, 0.1) is 29.7 Å². The molecular weight excluding hydrogens is 400 g/mol. The minimum absolute atomic E-state index is 0.0614. The van der Waals surface area contributed by atoms with Crippen molar-refractivity contribution in [1.82, 2.24) is 29.7 Å². The number of hydrogen-bond donors (Lipinski definition) is 4. The largest absolute Gasteiger partial charge is 0.399 e. The summed E-state index contributed by atoms with van der Waals surface area (Å²) in [7, 11) is 1.81. The SMILES string of the molecule is Cn1c2nc(Cc3csc(CO)n3)sc2c2cnn(C/C(N)=C/NN)c(=O)c21. The maximum Gasteiger partial charge on any atom is 0.291 e. The fourth-order valence-corrected chi connectivity index (χ4v) is 4.78. The Balaban J connectivity index is 1.74. The number of thiazole rings is 2. The number of aromatic nitrogens is 5. The molecule has 0 radical (unpaired) electrons. The Morgan fingerprint density at radius 2 is 2.21 bits per heavy atom. The summed E-state index contributed by atoms with van der Waals surface area (Å²) in [6.45, 7) is 0.0711. The quantitative estimate of drug-likeness (QED) is 0.255. The molecule has 0 spiro atoms. The Morgan fingerprint density at radius 3 is 2.93 bits per heavy atom. The molecule has 0 amide bonds. The van der Waals surface area contributed by atoms with Gasteiger partial charge in [0.15, 0.2) is 5.65 Å². The number of aliphatic hydroxyl groups excluding tert-OH is 1. The smallest absolute Gasteiger partial charge is 0.291 e. The van der Waals surface area contributed by atoms with E-state index in [-0.39, 0.29) is 18.7 Å². The van der Waals surface area contributed by atoms with Crippen molar-refractivity contribution in [2.24, 2.45) is 18.6 Å². The van der Waals surface area contributed by atoms with Crippen molar-refractivity contribution in [3.8, 4) is 0 Å². The monoisotopic (exact) mass is 418 g/mol. The van der Waals surface area contributed by atoms with Crippen molar-refractivity contribution in [2.45, 2.75) is 19.6 Å². The third-order valence-electron chi connectivity index (χ3n) is 4.24. The normalized spacial score (nSPS) is 12.3. The number of allylic oxidation sites excluding steroid dienone is 1. The fourth-order valence-electron chi connectivity index (χ4n) is 3.00. The molecular formula is C16H18N8O2S2. The van der Waals surface area contributed by atoms with Crippen LogP contribution in [0.4, 0.5) is 0 Å². The first-order valence-electron chi connectivity index (χ1n) is 8.30. The number of hydrazine groups is 1. The van der Waals surface area contributed by atoms with Crippen LogP contribution >= 0.6 is 22.7 Å². The molecule has 10 nitrogen and oxygen atoms in total. The highest BCUT2D eigenvalue weighted by Gasteiger charge is 2.18. The van der Waals surface area contributed by atoms with E-state index in [0.717, 1.165) is 26.4 Å². The average Bonchev–Trinajstić information content (AvgIpc) is 3.35. The first-order chi connectivity index (χ1) is 13.5. The Labute approximate surface area is 166 Å². The standard InChI is InChI=1S/C16H18N8O2S2/c1-23-13-10(4-20-24(16(13)26)5-8(17)3-19-18)14-15(23)22-11(28-14)2-9-7-27-12(6-25)21-9/h3-4,7,19,25H,2,5-6,17-18H2,1H3/b8-3-. The van der Waals surface area contributed by atoms with Crippen LogP contribution in [0.1, 0.15) is 15.7 Å². The minimum atomic E-state index is -0.243. The number of nitrogens with two attached hydrogens (primary N) is 2. The summed E-state index contributed by atoms with van der Waals surface area (Å²) in [4.78, 5) is 21.9. The molecule has 0 saturated carbocycles. The van der Waals surface area contributed by atoms with Gasteiger partial charge in [-0.05, 0) is 0 Å². The van der Waals surface area contributed by atoms with E-state index in [1.54, 1.807) is 10.8 Å². The van der Waals surface area contributed by atoms with E-state index in [9.17, 15) is 4.79 Å². The van der Waals surface area contributed by atoms with Gasteiger partial charge in [-0.25, -0.2) is 14.6 Å². The molecule has 0 aliphatic carbocycles. The van der Waals surface area contributed by atoms with Crippen LogP contribution in [0.5, 0.6) is 0 Å². The van der Waals surface area contributed by atoms with Crippen LogP contribution in [-0.4, -0.2) is 29.4 Å². The van der Waals surface area contributed by atoms with Crippen molar-refractivity contribution in [1.29, 1.82) is 0 Å². The van der Waals surface area contributed by atoms with Crippen LogP contribution in [0, 0.1) is 0 Å². The highest BCUT2D eigenvalue weighted by molar-refractivity contribution is 7.19. The van der Waals surface area contributed by atoms with E-state index in [1.807, 2.05) is 12.4 Å². The van der Waals surface area contributed by atoms with Crippen molar-refractivity contribution in [3.63, 3.8) is 0 Å². The first kappa shape index (κ1) is 18.6. The van der Waals surface area contributed by atoms with Gasteiger partial charge in [0, 0.05) is 36.1 Å². The van der Waals surface area contributed by atoms with Gasteiger partial charge in [0.2, 0.25) is 0 Å². The topological polar surface area (TPSA) is 150 Å². The molecule has 0 aliphatic rings. The van der Waals surface area contributed by atoms with Crippen molar-refractivity contribution in [3.05, 3.63) is 49.5 Å². The Hall–Kier alpha value is -2.80. The summed E-state index contributed by atoms with van der Waals surface area (Å²) in [6.07, 6.45) is 3.66. The number of hydrogen-bond acceptors (Lipinski definition) is 10. The summed E-state index contributed by atoms with van der Waals surface area (Å²) in [5, 5.41) is 17.7. The van der Waals surface area contributed by atoms with Gasteiger partial charge in [-0.3, -0.25) is 10.6 Å². The van der Waals surface area contributed by atoms with E-state index < -0.39 is 0 Å². The average molecular weight is 419 g/mol. The molecule has 4 rings (SSSR count). The van der Waals surface area contributed by atoms with Crippen molar-refractivity contribution in [2.75, 3.05) is 0 Å². The van der Waals surface area contributed by atoms with Crippen LogP contribution in [0.3, 0.4) is 0 Å². The Kier molecular flexibility index (Phi) is 4.85. The minimum Gasteiger partial charge on any atom is -0.399 e. The van der Waals surface area contributed by atoms with Gasteiger partial charge < -0.3 is 20.8 Å². The van der Waals surface area contributed by atoms with Crippen LogP contribution in [0.25, 0.3) is 21.3 Å². The molecule has 0 saturated heterocycles. The molecule has 146 valence electrons. The molecule has 4 aromatic heterocycles. The van der Waals surface area contributed by atoms with Gasteiger partial charge in [0.25, 0.3) is 5.56 Å². The fraction of sp³-hybridized carbons (Fsp3) is 0.250. The van der Waals surface area contributed by atoms with Crippen LogP contribution < -0.4 is 22.6 Å². The van der Waals surface area contributed by atoms with Gasteiger partial charge in [-0.15, -0.1) is 22.7 Å². The molecule has 0 unspecified atom stereocenters. The highest BCUT2D eigenvalue weighted by atomic mass is 32.1. The molecule has 4 aromatic rings. The van der Waals surface area contributed by atoms with Gasteiger partial charge >= 0.3 is 0 Å². The zero-order valence-electron chi connectivity index (χ0n) is 14.9. The molecule has 4 heterocycles. The molecule has 0 atom stereocenters. The lowest BCUT2D eigenvalue weighted by molar-refractivity contribution is 0.281. The van der Waals surface area contributed by atoms with Gasteiger partial charge in [-0.1, -0.05) is 0 Å². The van der Waals surface area contributed by atoms with E-state index in [0.29, 0.717) is 22.6 Å². The summed E-state index contributed by atoms with van der Waals surface area (Å²) in [5.74, 6) is 5.21. The third-order valence-corrected chi connectivity index (χ3v) is 6.20. The first-order valence-corrected chi connectivity index (χ1v) is 10.00. The third kappa shape index (κ3) is 3.16. The summed E-state index contributed by atoms with van der Waals surface area (Å²) in [5.41, 5.74) is 10.4. The van der Waals surface area contributed by atoms with E-state index in [1.165, 1.54) is 33.6 Å². The lowest BCUT2D eigenvalue weighted by atomic mass is 10.3. The van der Waals surface area contributed by atoms with E-state index in [4.69, 9.17) is 16.7 Å². The number of aryl methyl sites for hydroxylation is 1. The maximum absolute atomic E-state index is 12.9. The predicted molar refractivity (Wildman–Crippen MR) is 109 cm³/mol. The number of nitrogens with zero attached hydrogens (tertiary/aromatic N) is 5. The second-order valence-electron chi connectivity index (χ2n) is 6.14. The van der Waals surface area contributed by atoms with Crippen LogP contribution in [0.2, 0.25) is 0 Å². The van der Waals surface area contributed by atoms with Crippen molar-refractivity contribution >= 4 is 43.9 Å². The van der Waals surface area contributed by atoms with E-state index >= 15 is 0 Å². The second kappa shape index (κ2) is 7.31. The van der Waals surface area contributed by atoms with Crippen LogP contribution in [0.15, 0.2) is 28.3 Å². The molecule has 28 heavy (non-hydrogen) atoms. The summed E-state index contributed by atoms with van der Waals surface area (Å²) >= 11 is 2.94. The molecule has 0 fully saturated rings. The molecule has 6 N–H and O–H groups in total. The molecule has 12 heteroatoms. The molecule has 0 bridgehead atoms. The number of fused-ring (bicyclic) bond motifs is 3. The maximum atomic E-state index is 12.9. The predicted octanol–water partition coefficient (Wildman–Crippen LogP) is 0.148. The van der Waals surface area contributed by atoms with Crippen molar-refractivity contribution < 1.29 is 5.11 Å². The van der Waals surface area contributed by atoms with Gasteiger partial charge in [-0.2, -0.15) is 5.10 Å². The molecule has 0 aliphatic heterocycles. The number of rotatable bonds is 6. The number of nitrogens with one attached hydrogen (secondary N) is 1. The molecule has 0 aromatic carbocycles. The number of aliphatic hydroxyl groups is 1. The Bertz CT molecular complexity index is 1250. The van der Waals surface area contributed by atoms with Gasteiger partial charge in [0.1, 0.15) is 15.5 Å². The summed E-state index contributed by atoms with van der Waals surface area (Å²) in [6, 6.07) is 0. The van der Waals surface area contributed by atoms with E-state index in [2.05, 4.69) is 20.5 Å². The zero-order valence-corrected chi connectivity index (χ0v) is 16.5. The lowest BCUT2D eigenvalue weighted by Crippen LogP contribution is -2.27. The second-order valence-corrected chi connectivity index (χ2v) is 8.17. The zero-order chi connectivity index (χ0) is 19.8.